The van der Waals surface area contributed by atoms with E-state index in [2.05, 4.69) is 0 Å². The number of aliphatic carboxylic acids is 1. The monoisotopic (exact) mass is 244 g/mol. The van der Waals surface area contributed by atoms with Crippen LogP contribution in [0.4, 0.5) is 4.39 Å². The minimum atomic E-state index is -0.942. The van der Waals surface area contributed by atoms with Gasteiger partial charge in [-0.05, 0) is 18.9 Å². The number of carboxylic acids is 1. The fourth-order valence-corrected chi connectivity index (χ4v) is 2.07. The largest absolute Gasteiger partial charge is 0.495 e. The summed E-state index contributed by atoms with van der Waals surface area (Å²) in [6.45, 7) is 0. The van der Waals surface area contributed by atoms with Crippen LogP contribution in [0.1, 0.15) is 18.4 Å². The van der Waals surface area contributed by atoms with Crippen LogP contribution >= 0.6 is 11.6 Å². The Morgan fingerprint density at radius 1 is 1.56 bits per heavy atom. The number of halogens is 2. The first-order valence-corrected chi connectivity index (χ1v) is 5.16. The molecule has 1 saturated carbocycles. The number of benzene rings is 1. The van der Waals surface area contributed by atoms with Crippen LogP contribution in [0, 0.1) is 5.82 Å². The fourth-order valence-electron chi connectivity index (χ4n) is 1.83. The number of methoxy groups -OCH3 is 1. The molecule has 1 fully saturated rings. The molecule has 0 aliphatic heterocycles. The van der Waals surface area contributed by atoms with Gasteiger partial charge in [0.25, 0.3) is 0 Å². The normalized spacial score (nSPS) is 16.9. The molecule has 0 aromatic heterocycles. The average molecular weight is 245 g/mol. The van der Waals surface area contributed by atoms with Gasteiger partial charge < -0.3 is 9.84 Å². The summed E-state index contributed by atoms with van der Waals surface area (Å²) in [5.41, 5.74) is -0.489. The molecule has 0 spiro atoms. The molecule has 1 aromatic carbocycles. The van der Waals surface area contributed by atoms with E-state index in [-0.39, 0.29) is 10.8 Å². The van der Waals surface area contributed by atoms with Gasteiger partial charge in [0.2, 0.25) is 0 Å². The van der Waals surface area contributed by atoms with E-state index in [1.54, 1.807) is 0 Å². The molecule has 2 rings (SSSR count). The van der Waals surface area contributed by atoms with Crippen molar-refractivity contribution in [2.45, 2.75) is 18.3 Å². The van der Waals surface area contributed by atoms with Gasteiger partial charge in [-0.15, -0.1) is 0 Å². The maximum atomic E-state index is 13.2. The first-order valence-electron chi connectivity index (χ1n) is 4.79. The third kappa shape index (κ3) is 1.45. The van der Waals surface area contributed by atoms with Crippen molar-refractivity contribution in [1.29, 1.82) is 0 Å². The highest BCUT2D eigenvalue weighted by Gasteiger charge is 2.53. The third-order valence-electron chi connectivity index (χ3n) is 2.93. The first-order chi connectivity index (χ1) is 7.53. The number of carbonyl (C=O) groups is 1. The van der Waals surface area contributed by atoms with Crippen molar-refractivity contribution in [3.8, 4) is 5.75 Å². The van der Waals surface area contributed by atoms with Crippen LogP contribution in [0.3, 0.4) is 0 Å². The first kappa shape index (κ1) is 11.2. The van der Waals surface area contributed by atoms with Gasteiger partial charge in [0.15, 0.2) is 0 Å². The van der Waals surface area contributed by atoms with Crippen LogP contribution in [0.25, 0.3) is 0 Å². The molecule has 0 unspecified atom stereocenters. The molecule has 1 N–H and O–H groups in total. The molecule has 0 amide bonds. The van der Waals surface area contributed by atoms with Crippen LogP contribution in [0.5, 0.6) is 5.75 Å². The van der Waals surface area contributed by atoms with Crippen LogP contribution in [0.2, 0.25) is 5.02 Å². The second kappa shape index (κ2) is 3.63. The highest BCUT2D eigenvalue weighted by atomic mass is 35.5. The molecular formula is C11H10ClFO3. The average Bonchev–Trinajstić information content (AvgIpc) is 3.02. The molecular weight excluding hydrogens is 235 g/mol. The Hall–Kier alpha value is -1.29. The second-order valence-electron chi connectivity index (χ2n) is 3.83. The molecule has 0 atom stereocenters. The molecule has 0 radical (unpaired) electrons. The van der Waals surface area contributed by atoms with Gasteiger partial charge in [0, 0.05) is 5.56 Å². The fraction of sp³-hybridized carbons (Fsp3) is 0.364. The molecule has 86 valence electrons. The van der Waals surface area contributed by atoms with Crippen LogP contribution in [0.15, 0.2) is 12.1 Å². The Bertz CT molecular complexity index is 455. The molecule has 0 bridgehead atoms. The molecule has 1 aliphatic carbocycles. The van der Waals surface area contributed by atoms with Crippen molar-refractivity contribution in [1.82, 2.24) is 0 Å². The minimum Gasteiger partial charge on any atom is -0.495 e. The summed E-state index contributed by atoms with van der Waals surface area (Å²) in [7, 11) is 1.35. The second-order valence-corrected chi connectivity index (χ2v) is 4.21. The van der Waals surface area contributed by atoms with Crippen molar-refractivity contribution in [3.05, 3.63) is 28.5 Å². The smallest absolute Gasteiger partial charge is 0.314 e. The third-order valence-corrected chi connectivity index (χ3v) is 3.28. The Morgan fingerprint density at radius 3 is 2.62 bits per heavy atom. The van der Waals surface area contributed by atoms with E-state index in [0.717, 1.165) is 0 Å². The zero-order valence-electron chi connectivity index (χ0n) is 8.59. The summed E-state index contributed by atoms with van der Waals surface area (Å²) >= 11 is 5.74. The van der Waals surface area contributed by atoms with Crippen molar-refractivity contribution >= 4 is 17.6 Å². The van der Waals surface area contributed by atoms with Gasteiger partial charge in [-0.25, -0.2) is 4.39 Å². The van der Waals surface area contributed by atoms with E-state index in [1.165, 1.54) is 19.2 Å². The lowest BCUT2D eigenvalue weighted by Gasteiger charge is -2.16. The van der Waals surface area contributed by atoms with Crippen molar-refractivity contribution in [2.75, 3.05) is 7.11 Å². The Morgan fingerprint density at radius 2 is 2.19 bits per heavy atom. The molecule has 0 heterocycles. The predicted octanol–water partition coefficient (Wildman–Crippen LogP) is 2.60. The van der Waals surface area contributed by atoms with Crippen molar-refractivity contribution in [2.24, 2.45) is 0 Å². The maximum Gasteiger partial charge on any atom is 0.314 e. The van der Waals surface area contributed by atoms with Gasteiger partial charge in [0.05, 0.1) is 12.5 Å². The van der Waals surface area contributed by atoms with E-state index < -0.39 is 17.2 Å². The highest BCUT2D eigenvalue weighted by Crippen LogP contribution is 2.53. The number of hydrogen-bond donors (Lipinski definition) is 1. The lowest BCUT2D eigenvalue weighted by atomic mass is 9.95. The number of carboxylic acid groups (broad SMARTS) is 1. The molecule has 16 heavy (non-hydrogen) atoms. The molecule has 0 saturated heterocycles. The van der Waals surface area contributed by atoms with Gasteiger partial charge in [-0.3, -0.25) is 4.79 Å². The maximum absolute atomic E-state index is 13.2. The van der Waals surface area contributed by atoms with E-state index in [0.29, 0.717) is 18.4 Å². The minimum absolute atomic E-state index is 0.126. The Kier molecular flexibility index (Phi) is 2.54. The lowest BCUT2D eigenvalue weighted by Crippen LogP contribution is -2.20. The van der Waals surface area contributed by atoms with Gasteiger partial charge in [-0.2, -0.15) is 0 Å². The van der Waals surface area contributed by atoms with Gasteiger partial charge in [-0.1, -0.05) is 17.7 Å². The Labute approximate surface area is 96.8 Å². The van der Waals surface area contributed by atoms with E-state index in [9.17, 15) is 9.18 Å². The van der Waals surface area contributed by atoms with Gasteiger partial charge >= 0.3 is 5.97 Å². The summed E-state index contributed by atoms with van der Waals surface area (Å²) in [5.74, 6) is -1.40. The molecule has 3 nitrogen and oxygen atoms in total. The summed E-state index contributed by atoms with van der Waals surface area (Å²) in [5, 5.41) is 8.99. The number of ether oxygens (including phenoxy) is 1. The number of hydrogen-bond acceptors (Lipinski definition) is 2. The van der Waals surface area contributed by atoms with Gasteiger partial charge in [0.1, 0.15) is 16.6 Å². The lowest BCUT2D eigenvalue weighted by molar-refractivity contribution is -0.140. The Balaban J connectivity index is 2.58. The van der Waals surface area contributed by atoms with Crippen LogP contribution in [-0.4, -0.2) is 18.2 Å². The van der Waals surface area contributed by atoms with E-state index >= 15 is 0 Å². The zero-order valence-corrected chi connectivity index (χ0v) is 9.34. The van der Waals surface area contributed by atoms with Crippen LogP contribution in [-0.2, 0) is 10.2 Å². The summed E-state index contributed by atoms with van der Waals surface area (Å²) in [6, 6.07) is 2.60. The van der Waals surface area contributed by atoms with Crippen LogP contribution < -0.4 is 4.74 Å². The highest BCUT2D eigenvalue weighted by molar-refractivity contribution is 6.32. The summed E-state index contributed by atoms with van der Waals surface area (Å²) < 4.78 is 18.2. The topological polar surface area (TPSA) is 46.5 Å². The van der Waals surface area contributed by atoms with Crippen molar-refractivity contribution < 1.29 is 19.0 Å². The van der Waals surface area contributed by atoms with E-state index in [4.69, 9.17) is 21.4 Å². The summed E-state index contributed by atoms with van der Waals surface area (Å²) in [6.07, 6.45) is 1.06. The number of rotatable bonds is 3. The quantitative estimate of drug-likeness (QED) is 0.889. The molecule has 1 aromatic rings. The SMILES string of the molecule is COc1c(C2(C(=O)O)CC2)ccc(F)c1Cl. The standard InChI is InChI=1S/C11H10ClFO3/c1-16-9-6(2-3-7(13)8(9)12)11(4-5-11)10(14)15/h2-3H,4-5H2,1H3,(H,14,15). The zero-order chi connectivity index (χ0) is 11.9. The van der Waals surface area contributed by atoms with E-state index in [1.807, 2.05) is 0 Å². The summed E-state index contributed by atoms with van der Waals surface area (Å²) in [4.78, 5) is 11.2. The predicted molar refractivity (Wildman–Crippen MR) is 56.5 cm³/mol. The molecule has 1 aliphatic rings. The van der Waals surface area contributed by atoms with Crippen molar-refractivity contribution in [3.63, 3.8) is 0 Å². The molecule has 5 heteroatoms.